The molecule has 0 aliphatic carbocycles. The van der Waals surface area contributed by atoms with E-state index in [2.05, 4.69) is 9.80 Å². The maximum Gasteiger partial charge on any atom is 0.236 e. The molecular weight excluding hydrogens is 228 g/mol. The standard InChI is InChI=1S/C13H26N4O/c14-4-3-5-15-8-10-16(11-9-15)12-13(18)17-6-1-2-7-17/h1-12,14H2. The lowest BCUT2D eigenvalue weighted by atomic mass is 10.3. The molecule has 0 aromatic rings. The van der Waals surface area contributed by atoms with Crippen LogP contribution in [0.25, 0.3) is 0 Å². The normalized spacial score (nSPS) is 22.6. The molecule has 2 N–H and O–H groups in total. The van der Waals surface area contributed by atoms with E-state index in [0.717, 1.165) is 58.8 Å². The lowest BCUT2D eigenvalue weighted by molar-refractivity contribution is -0.131. The highest BCUT2D eigenvalue weighted by molar-refractivity contribution is 5.78. The molecular formula is C13H26N4O. The number of piperazine rings is 1. The Labute approximate surface area is 110 Å². The van der Waals surface area contributed by atoms with Crippen molar-refractivity contribution < 1.29 is 4.79 Å². The van der Waals surface area contributed by atoms with Crippen LogP contribution in [0.5, 0.6) is 0 Å². The second-order valence-electron chi connectivity index (χ2n) is 5.35. The molecule has 5 heteroatoms. The van der Waals surface area contributed by atoms with E-state index in [9.17, 15) is 4.79 Å². The molecule has 0 atom stereocenters. The predicted molar refractivity (Wildman–Crippen MR) is 72.4 cm³/mol. The molecule has 18 heavy (non-hydrogen) atoms. The Morgan fingerprint density at radius 2 is 1.56 bits per heavy atom. The number of nitrogens with zero attached hydrogens (tertiary/aromatic N) is 3. The molecule has 2 rings (SSSR count). The summed E-state index contributed by atoms with van der Waals surface area (Å²) < 4.78 is 0. The highest BCUT2D eigenvalue weighted by Gasteiger charge is 2.22. The number of carbonyl (C=O) groups is 1. The number of likely N-dealkylation sites (tertiary alicyclic amines) is 1. The summed E-state index contributed by atoms with van der Waals surface area (Å²) in [6.07, 6.45) is 3.43. The Morgan fingerprint density at radius 1 is 0.944 bits per heavy atom. The molecule has 5 nitrogen and oxygen atoms in total. The van der Waals surface area contributed by atoms with E-state index in [0.29, 0.717) is 12.5 Å². The summed E-state index contributed by atoms with van der Waals surface area (Å²) in [6, 6.07) is 0. The summed E-state index contributed by atoms with van der Waals surface area (Å²) in [5.41, 5.74) is 5.52. The zero-order chi connectivity index (χ0) is 12.8. The van der Waals surface area contributed by atoms with Crippen molar-refractivity contribution in [2.45, 2.75) is 19.3 Å². The van der Waals surface area contributed by atoms with Crippen LogP contribution >= 0.6 is 0 Å². The van der Waals surface area contributed by atoms with Gasteiger partial charge in [-0.3, -0.25) is 9.69 Å². The molecule has 2 aliphatic rings. The highest BCUT2D eigenvalue weighted by atomic mass is 16.2. The van der Waals surface area contributed by atoms with Crippen molar-refractivity contribution in [2.75, 3.05) is 58.9 Å². The van der Waals surface area contributed by atoms with Crippen LogP contribution in [-0.2, 0) is 4.79 Å². The van der Waals surface area contributed by atoms with Gasteiger partial charge in [-0.15, -0.1) is 0 Å². The fourth-order valence-corrected chi connectivity index (χ4v) is 2.74. The molecule has 0 unspecified atom stereocenters. The third-order valence-corrected chi connectivity index (χ3v) is 3.96. The number of rotatable bonds is 5. The van der Waals surface area contributed by atoms with Gasteiger partial charge in [0.15, 0.2) is 0 Å². The largest absolute Gasteiger partial charge is 0.342 e. The SMILES string of the molecule is NCCCN1CCN(CC(=O)N2CCCC2)CC1. The van der Waals surface area contributed by atoms with Crippen molar-refractivity contribution in [1.82, 2.24) is 14.7 Å². The van der Waals surface area contributed by atoms with Gasteiger partial charge in [-0.05, 0) is 32.4 Å². The van der Waals surface area contributed by atoms with Gasteiger partial charge in [0, 0.05) is 39.3 Å². The van der Waals surface area contributed by atoms with Crippen LogP contribution in [0.15, 0.2) is 0 Å². The van der Waals surface area contributed by atoms with E-state index in [1.165, 1.54) is 12.8 Å². The van der Waals surface area contributed by atoms with Crippen molar-refractivity contribution in [1.29, 1.82) is 0 Å². The summed E-state index contributed by atoms with van der Waals surface area (Å²) in [7, 11) is 0. The maximum absolute atomic E-state index is 12.0. The molecule has 2 saturated heterocycles. The first kappa shape index (κ1) is 13.8. The van der Waals surface area contributed by atoms with E-state index < -0.39 is 0 Å². The van der Waals surface area contributed by atoms with Gasteiger partial charge in [-0.25, -0.2) is 0 Å². The summed E-state index contributed by atoms with van der Waals surface area (Å²) in [5.74, 6) is 0.322. The molecule has 2 aliphatic heterocycles. The van der Waals surface area contributed by atoms with E-state index in [-0.39, 0.29) is 0 Å². The number of nitrogens with two attached hydrogens (primary N) is 1. The monoisotopic (exact) mass is 254 g/mol. The fourth-order valence-electron chi connectivity index (χ4n) is 2.74. The molecule has 0 radical (unpaired) electrons. The Hall–Kier alpha value is -0.650. The van der Waals surface area contributed by atoms with E-state index in [1.54, 1.807) is 0 Å². The van der Waals surface area contributed by atoms with Crippen molar-refractivity contribution in [3.05, 3.63) is 0 Å². The van der Waals surface area contributed by atoms with Gasteiger partial charge < -0.3 is 15.5 Å². The third kappa shape index (κ3) is 3.93. The van der Waals surface area contributed by atoms with Gasteiger partial charge in [0.2, 0.25) is 5.91 Å². The van der Waals surface area contributed by atoms with Crippen LogP contribution in [0.3, 0.4) is 0 Å². The summed E-state index contributed by atoms with van der Waals surface area (Å²) in [6.45, 7) is 8.61. The average molecular weight is 254 g/mol. The van der Waals surface area contributed by atoms with Crippen molar-refractivity contribution in [2.24, 2.45) is 5.73 Å². The smallest absolute Gasteiger partial charge is 0.236 e. The average Bonchev–Trinajstić information content (AvgIpc) is 2.92. The molecule has 0 spiro atoms. The second-order valence-corrected chi connectivity index (χ2v) is 5.35. The van der Waals surface area contributed by atoms with Gasteiger partial charge in [0.25, 0.3) is 0 Å². The van der Waals surface area contributed by atoms with Crippen molar-refractivity contribution in [3.63, 3.8) is 0 Å². The Kier molecular flexibility index (Phi) is 5.41. The summed E-state index contributed by atoms with van der Waals surface area (Å²) >= 11 is 0. The molecule has 0 aromatic carbocycles. The molecule has 2 heterocycles. The van der Waals surface area contributed by atoms with Gasteiger partial charge in [-0.2, -0.15) is 0 Å². The quantitative estimate of drug-likeness (QED) is 0.724. The van der Waals surface area contributed by atoms with Gasteiger partial charge in [0.05, 0.1) is 6.54 Å². The van der Waals surface area contributed by atoms with Crippen LogP contribution in [0.2, 0.25) is 0 Å². The van der Waals surface area contributed by atoms with Crippen molar-refractivity contribution in [3.8, 4) is 0 Å². The van der Waals surface area contributed by atoms with E-state index in [4.69, 9.17) is 5.73 Å². The van der Waals surface area contributed by atoms with E-state index >= 15 is 0 Å². The Bertz CT molecular complexity index is 258. The zero-order valence-electron chi connectivity index (χ0n) is 11.3. The molecule has 0 saturated carbocycles. The van der Waals surface area contributed by atoms with Crippen LogP contribution in [-0.4, -0.2) is 79.5 Å². The first-order valence-corrected chi connectivity index (χ1v) is 7.22. The minimum Gasteiger partial charge on any atom is -0.342 e. The maximum atomic E-state index is 12.0. The number of carbonyl (C=O) groups excluding carboxylic acids is 1. The van der Waals surface area contributed by atoms with Gasteiger partial charge >= 0.3 is 0 Å². The summed E-state index contributed by atoms with van der Waals surface area (Å²) in [4.78, 5) is 18.8. The molecule has 104 valence electrons. The number of hydrogen-bond donors (Lipinski definition) is 1. The number of hydrogen-bond acceptors (Lipinski definition) is 4. The molecule has 2 fully saturated rings. The third-order valence-electron chi connectivity index (χ3n) is 3.96. The van der Waals surface area contributed by atoms with Gasteiger partial charge in [0.1, 0.15) is 0 Å². The zero-order valence-corrected chi connectivity index (χ0v) is 11.3. The summed E-state index contributed by atoms with van der Waals surface area (Å²) in [5, 5.41) is 0. The first-order chi connectivity index (χ1) is 8.79. The van der Waals surface area contributed by atoms with Crippen LogP contribution in [0, 0.1) is 0 Å². The van der Waals surface area contributed by atoms with Crippen LogP contribution in [0.1, 0.15) is 19.3 Å². The van der Waals surface area contributed by atoms with Crippen LogP contribution < -0.4 is 5.73 Å². The lowest BCUT2D eigenvalue weighted by Gasteiger charge is -2.34. The molecule has 0 bridgehead atoms. The van der Waals surface area contributed by atoms with Gasteiger partial charge in [-0.1, -0.05) is 0 Å². The Balaban J connectivity index is 1.65. The second kappa shape index (κ2) is 7.07. The van der Waals surface area contributed by atoms with Crippen molar-refractivity contribution >= 4 is 5.91 Å². The highest BCUT2D eigenvalue weighted by Crippen LogP contribution is 2.09. The predicted octanol–water partition coefficient (Wildman–Crippen LogP) is -0.425. The van der Waals surface area contributed by atoms with E-state index in [1.807, 2.05) is 4.90 Å². The minimum absolute atomic E-state index is 0.322. The molecule has 1 amide bonds. The topological polar surface area (TPSA) is 52.8 Å². The lowest BCUT2D eigenvalue weighted by Crippen LogP contribution is -2.50. The first-order valence-electron chi connectivity index (χ1n) is 7.22. The molecule has 0 aromatic heterocycles. The minimum atomic E-state index is 0.322. The number of amides is 1. The van der Waals surface area contributed by atoms with Crippen LogP contribution in [0.4, 0.5) is 0 Å². The fraction of sp³-hybridized carbons (Fsp3) is 0.923. The Morgan fingerprint density at radius 3 is 2.17 bits per heavy atom.